The van der Waals surface area contributed by atoms with Gasteiger partial charge in [0, 0.05) is 24.9 Å². The summed E-state index contributed by atoms with van der Waals surface area (Å²) in [7, 11) is 0. The van der Waals surface area contributed by atoms with E-state index in [1.54, 1.807) is 11.0 Å². The van der Waals surface area contributed by atoms with E-state index < -0.39 is 17.9 Å². The molecule has 1 aliphatic rings. The van der Waals surface area contributed by atoms with Crippen molar-refractivity contribution in [1.82, 2.24) is 15.8 Å². The molecule has 2 N–H and O–H groups in total. The van der Waals surface area contributed by atoms with Crippen LogP contribution in [0.5, 0.6) is 5.75 Å². The van der Waals surface area contributed by atoms with E-state index in [9.17, 15) is 14.4 Å². The van der Waals surface area contributed by atoms with Gasteiger partial charge in [-0.2, -0.15) is 0 Å². The zero-order chi connectivity index (χ0) is 25.5. The van der Waals surface area contributed by atoms with Crippen LogP contribution in [0, 0.1) is 5.92 Å². The Morgan fingerprint density at radius 3 is 2.31 bits per heavy atom. The van der Waals surface area contributed by atoms with Crippen LogP contribution in [0.25, 0.3) is 11.1 Å². The van der Waals surface area contributed by atoms with E-state index in [-0.39, 0.29) is 18.4 Å². The fraction of sp³-hybridized carbons (Fsp3) is 0.276. The van der Waals surface area contributed by atoms with Crippen molar-refractivity contribution in [2.24, 2.45) is 5.92 Å². The molecule has 1 aliphatic heterocycles. The number of hydrogen-bond acceptors (Lipinski definition) is 4. The van der Waals surface area contributed by atoms with Gasteiger partial charge in [0.2, 0.25) is 5.91 Å². The number of hydrazine groups is 1. The summed E-state index contributed by atoms with van der Waals surface area (Å²) in [6.45, 7) is 4.04. The first kappa shape index (κ1) is 25.0. The number of rotatable bonds is 7. The Morgan fingerprint density at radius 2 is 1.56 bits per heavy atom. The Bertz CT molecular complexity index is 1230. The second kappa shape index (κ2) is 11.5. The number of carbonyl (C=O) groups excluding carboxylic acids is 3. The van der Waals surface area contributed by atoms with Crippen LogP contribution in [0.3, 0.4) is 0 Å². The van der Waals surface area contributed by atoms with Gasteiger partial charge < -0.3 is 9.64 Å². The van der Waals surface area contributed by atoms with E-state index in [1.807, 2.05) is 86.6 Å². The van der Waals surface area contributed by atoms with Crippen LogP contribution in [0.2, 0.25) is 0 Å². The maximum absolute atomic E-state index is 13.1. The van der Waals surface area contributed by atoms with Crippen molar-refractivity contribution in [3.8, 4) is 16.9 Å². The van der Waals surface area contributed by atoms with Gasteiger partial charge in [-0.05, 0) is 28.7 Å². The summed E-state index contributed by atoms with van der Waals surface area (Å²) in [6, 6.07) is 24.3. The summed E-state index contributed by atoms with van der Waals surface area (Å²) < 4.78 is 5.75. The number of ether oxygens (including phenoxy) is 1. The summed E-state index contributed by atoms with van der Waals surface area (Å²) in [5, 5.41) is 0. The van der Waals surface area contributed by atoms with Gasteiger partial charge in [-0.3, -0.25) is 25.2 Å². The lowest BCUT2D eigenvalue weighted by Crippen LogP contribution is -2.56. The molecule has 1 heterocycles. The van der Waals surface area contributed by atoms with Crippen LogP contribution in [-0.4, -0.2) is 35.3 Å². The van der Waals surface area contributed by atoms with Crippen LogP contribution in [0.4, 0.5) is 0 Å². The number of nitrogens with zero attached hydrogens (tertiary/aromatic N) is 1. The van der Waals surface area contributed by atoms with Crippen LogP contribution >= 0.6 is 0 Å². The Kier molecular flexibility index (Phi) is 8.00. The quantitative estimate of drug-likeness (QED) is 0.497. The molecule has 3 amide bonds. The molecule has 7 heteroatoms. The summed E-state index contributed by atoms with van der Waals surface area (Å²) in [5.41, 5.74) is 8.83. The highest BCUT2D eigenvalue weighted by Crippen LogP contribution is 2.29. The Labute approximate surface area is 211 Å². The van der Waals surface area contributed by atoms with Crippen molar-refractivity contribution >= 4 is 17.7 Å². The molecule has 0 aromatic heterocycles. The molecule has 0 saturated carbocycles. The third-order valence-electron chi connectivity index (χ3n) is 6.11. The minimum atomic E-state index is -0.703. The van der Waals surface area contributed by atoms with Crippen molar-refractivity contribution in [2.45, 2.75) is 39.3 Å². The lowest BCUT2D eigenvalue weighted by atomic mass is 9.92. The molecule has 7 nitrogen and oxygen atoms in total. The lowest BCUT2D eigenvalue weighted by Gasteiger charge is -2.36. The first-order chi connectivity index (χ1) is 17.4. The van der Waals surface area contributed by atoms with E-state index in [0.717, 1.165) is 22.3 Å². The fourth-order valence-corrected chi connectivity index (χ4v) is 4.33. The minimum absolute atomic E-state index is 0.0770. The first-order valence-corrected chi connectivity index (χ1v) is 12.1. The number of fused-ring (bicyclic) bond motifs is 1. The smallest absolute Gasteiger partial charge is 0.276 e. The maximum Gasteiger partial charge on any atom is 0.276 e. The highest BCUT2D eigenvalue weighted by atomic mass is 16.5. The Balaban J connectivity index is 1.37. The zero-order valence-corrected chi connectivity index (χ0v) is 20.6. The predicted molar refractivity (Wildman–Crippen MR) is 138 cm³/mol. The number of nitrogens with one attached hydrogen (secondary N) is 2. The molecule has 186 valence electrons. The predicted octanol–water partition coefficient (Wildman–Crippen LogP) is 3.88. The highest BCUT2D eigenvalue weighted by Gasteiger charge is 2.34. The van der Waals surface area contributed by atoms with Gasteiger partial charge in [0.05, 0.1) is 0 Å². The summed E-state index contributed by atoms with van der Waals surface area (Å²) >= 11 is 0. The number of para-hydroxylation sites is 1. The van der Waals surface area contributed by atoms with E-state index in [2.05, 4.69) is 10.9 Å². The van der Waals surface area contributed by atoms with Crippen LogP contribution in [-0.2, 0) is 27.3 Å². The molecule has 3 aromatic rings. The third-order valence-corrected chi connectivity index (χ3v) is 6.11. The molecule has 3 aromatic carbocycles. The zero-order valence-electron chi connectivity index (χ0n) is 20.6. The first-order valence-electron chi connectivity index (χ1n) is 12.1. The SMILES string of the molecule is CC(C)CC(=O)N1Cc2ccccc2CC1C(=O)NNC(=O)COc1ccccc1-c1ccccc1. The molecular weight excluding hydrogens is 454 g/mol. The average molecular weight is 486 g/mol. The van der Waals surface area contributed by atoms with E-state index in [4.69, 9.17) is 4.74 Å². The largest absolute Gasteiger partial charge is 0.483 e. The normalized spacial score (nSPS) is 14.6. The molecule has 0 radical (unpaired) electrons. The Morgan fingerprint density at radius 1 is 0.889 bits per heavy atom. The highest BCUT2D eigenvalue weighted by molar-refractivity contribution is 5.90. The standard InChI is InChI=1S/C29H31N3O4/c1-20(2)16-28(34)32-18-23-13-7-6-12-22(23)17-25(32)29(35)31-30-27(33)19-36-26-15-9-8-14-24(26)21-10-4-3-5-11-21/h3-15,20,25H,16-19H2,1-2H3,(H,30,33)(H,31,35). The lowest BCUT2D eigenvalue weighted by molar-refractivity contribution is -0.143. The van der Waals surface area contributed by atoms with Crippen molar-refractivity contribution in [2.75, 3.05) is 6.61 Å². The monoisotopic (exact) mass is 485 g/mol. The Hall–Kier alpha value is -4.13. The van der Waals surface area contributed by atoms with Gasteiger partial charge in [0.15, 0.2) is 6.61 Å². The summed E-state index contributed by atoms with van der Waals surface area (Å²) in [4.78, 5) is 40.1. The molecule has 1 unspecified atom stereocenters. The van der Waals surface area contributed by atoms with E-state index in [1.165, 1.54) is 0 Å². The molecule has 36 heavy (non-hydrogen) atoms. The number of hydrogen-bond donors (Lipinski definition) is 2. The summed E-state index contributed by atoms with van der Waals surface area (Å²) in [6.07, 6.45) is 0.746. The van der Waals surface area contributed by atoms with E-state index >= 15 is 0 Å². The average Bonchev–Trinajstić information content (AvgIpc) is 2.90. The molecule has 0 saturated heterocycles. The molecule has 0 bridgehead atoms. The fourth-order valence-electron chi connectivity index (χ4n) is 4.33. The molecule has 0 aliphatic carbocycles. The van der Waals surface area contributed by atoms with Crippen LogP contribution < -0.4 is 15.6 Å². The van der Waals surface area contributed by atoms with Gasteiger partial charge >= 0.3 is 0 Å². The van der Waals surface area contributed by atoms with Crippen molar-refractivity contribution in [1.29, 1.82) is 0 Å². The van der Waals surface area contributed by atoms with Crippen molar-refractivity contribution in [3.63, 3.8) is 0 Å². The molecule has 4 rings (SSSR count). The second-order valence-corrected chi connectivity index (χ2v) is 9.30. The number of benzene rings is 3. The topological polar surface area (TPSA) is 87.7 Å². The van der Waals surface area contributed by atoms with Crippen LogP contribution in [0.1, 0.15) is 31.4 Å². The van der Waals surface area contributed by atoms with Gasteiger partial charge in [0.1, 0.15) is 11.8 Å². The van der Waals surface area contributed by atoms with Crippen LogP contribution in [0.15, 0.2) is 78.9 Å². The number of carbonyl (C=O) groups is 3. The molecule has 0 spiro atoms. The van der Waals surface area contributed by atoms with Crippen molar-refractivity contribution < 1.29 is 19.1 Å². The third kappa shape index (κ3) is 6.10. The van der Waals surface area contributed by atoms with Gasteiger partial charge in [0.25, 0.3) is 11.8 Å². The second-order valence-electron chi connectivity index (χ2n) is 9.30. The maximum atomic E-state index is 13.1. The van der Waals surface area contributed by atoms with Gasteiger partial charge in [-0.1, -0.05) is 86.6 Å². The van der Waals surface area contributed by atoms with Gasteiger partial charge in [-0.25, -0.2) is 0 Å². The van der Waals surface area contributed by atoms with Gasteiger partial charge in [-0.15, -0.1) is 0 Å². The minimum Gasteiger partial charge on any atom is -0.483 e. The van der Waals surface area contributed by atoms with E-state index in [0.29, 0.717) is 25.1 Å². The molecule has 0 fully saturated rings. The number of amides is 3. The van der Waals surface area contributed by atoms with Crippen molar-refractivity contribution in [3.05, 3.63) is 90.0 Å². The summed E-state index contributed by atoms with van der Waals surface area (Å²) in [5.74, 6) is -0.262. The molecule has 1 atom stereocenters. The molecular formula is C29H31N3O4.